The van der Waals surface area contributed by atoms with Crippen LogP contribution in [0.15, 0.2) is 54.7 Å². The van der Waals surface area contributed by atoms with Gasteiger partial charge in [0, 0.05) is 17.3 Å². The van der Waals surface area contributed by atoms with E-state index in [1.54, 1.807) is 18.2 Å². The van der Waals surface area contributed by atoms with E-state index in [0.717, 1.165) is 11.8 Å². The van der Waals surface area contributed by atoms with Gasteiger partial charge in [0.25, 0.3) is 0 Å². The van der Waals surface area contributed by atoms with E-state index in [4.69, 9.17) is 0 Å². The summed E-state index contributed by atoms with van der Waals surface area (Å²) in [6.07, 6.45) is -3.45. The molecule has 3 aromatic rings. The van der Waals surface area contributed by atoms with Gasteiger partial charge in [-0.3, -0.25) is 4.68 Å². The fourth-order valence-electron chi connectivity index (χ4n) is 2.68. The number of methoxy groups -OCH3 is 1. The topological polar surface area (TPSA) is 44.1 Å². The zero-order valence-electron chi connectivity index (χ0n) is 14.1. The number of hydrogen-bond acceptors (Lipinski definition) is 3. The van der Waals surface area contributed by atoms with Crippen LogP contribution in [0, 0.1) is 5.82 Å². The van der Waals surface area contributed by atoms with Crippen LogP contribution in [0.2, 0.25) is 0 Å². The highest BCUT2D eigenvalue weighted by molar-refractivity contribution is 5.89. The minimum Gasteiger partial charge on any atom is -0.465 e. The summed E-state index contributed by atoms with van der Waals surface area (Å²) in [7, 11) is 1.11. The summed E-state index contributed by atoms with van der Waals surface area (Å²) in [4.78, 5) is 11.6. The molecular weight excluding hydrogens is 364 g/mol. The van der Waals surface area contributed by atoms with E-state index < -0.39 is 23.7 Å². The number of rotatable bonds is 4. The van der Waals surface area contributed by atoms with Crippen LogP contribution in [0.3, 0.4) is 0 Å². The molecule has 0 unspecified atom stereocenters. The van der Waals surface area contributed by atoms with Gasteiger partial charge in [-0.15, -0.1) is 0 Å². The molecule has 1 aromatic heterocycles. The number of hydrogen-bond donors (Lipinski definition) is 0. The van der Waals surface area contributed by atoms with Crippen LogP contribution in [-0.4, -0.2) is 22.9 Å². The minimum atomic E-state index is -4.66. The van der Waals surface area contributed by atoms with Crippen molar-refractivity contribution in [3.8, 4) is 11.1 Å². The summed E-state index contributed by atoms with van der Waals surface area (Å²) in [6.45, 7) is -0.271. The molecule has 0 saturated carbocycles. The molecule has 0 atom stereocenters. The summed E-state index contributed by atoms with van der Waals surface area (Å²) in [5.41, 5.74) is -1.08. The Morgan fingerprint density at radius 3 is 2.44 bits per heavy atom. The average Bonchev–Trinajstić information content (AvgIpc) is 3.08. The Morgan fingerprint density at radius 1 is 1.11 bits per heavy atom. The molecule has 140 valence electrons. The molecule has 0 N–H and O–H groups in total. The second-order valence-corrected chi connectivity index (χ2v) is 5.72. The van der Waals surface area contributed by atoms with Crippen molar-refractivity contribution < 1.29 is 27.1 Å². The molecule has 0 aliphatic rings. The van der Waals surface area contributed by atoms with Crippen molar-refractivity contribution in [3.05, 3.63) is 77.4 Å². The van der Waals surface area contributed by atoms with Gasteiger partial charge in [0.2, 0.25) is 0 Å². The van der Waals surface area contributed by atoms with Crippen LogP contribution in [0.4, 0.5) is 17.6 Å². The van der Waals surface area contributed by atoms with Gasteiger partial charge in [-0.1, -0.05) is 42.5 Å². The summed E-state index contributed by atoms with van der Waals surface area (Å²) in [5.74, 6) is -1.72. The van der Waals surface area contributed by atoms with Crippen molar-refractivity contribution in [1.82, 2.24) is 9.78 Å². The van der Waals surface area contributed by atoms with E-state index in [0.29, 0.717) is 5.56 Å². The highest BCUT2D eigenvalue weighted by Crippen LogP contribution is 2.36. The molecule has 1 heterocycles. The van der Waals surface area contributed by atoms with Crippen LogP contribution in [0.25, 0.3) is 11.1 Å². The number of carbonyl (C=O) groups excluding carboxylic acids is 1. The van der Waals surface area contributed by atoms with Gasteiger partial charge in [0.05, 0.1) is 19.2 Å². The number of ether oxygens (including phenoxy) is 1. The highest BCUT2D eigenvalue weighted by atomic mass is 19.4. The molecule has 2 aromatic carbocycles. The first-order valence-corrected chi connectivity index (χ1v) is 7.87. The first-order valence-electron chi connectivity index (χ1n) is 7.87. The molecule has 0 saturated heterocycles. The van der Waals surface area contributed by atoms with Crippen LogP contribution in [0.5, 0.6) is 0 Å². The van der Waals surface area contributed by atoms with Crippen molar-refractivity contribution in [2.75, 3.05) is 7.11 Å². The Kier molecular flexibility index (Phi) is 4.98. The van der Waals surface area contributed by atoms with Crippen LogP contribution >= 0.6 is 0 Å². The molecule has 0 bridgehead atoms. The molecule has 4 nitrogen and oxygen atoms in total. The molecular formula is C19H14F4N2O2. The summed E-state index contributed by atoms with van der Waals surface area (Å²) < 4.78 is 60.1. The predicted octanol–water partition coefficient (Wildman–Crippen LogP) is 4.54. The predicted molar refractivity (Wildman–Crippen MR) is 89.5 cm³/mol. The lowest BCUT2D eigenvalue weighted by atomic mass is 10.1. The second kappa shape index (κ2) is 7.22. The number of alkyl halides is 3. The SMILES string of the molecule is COC(=O)c1cccc(Cn2cc(-c3ccccc3)c(C(F)(F)F)n2)c1F. The lowest BCUT2D eigenvalue weighted by molar-refractivity contribution is -0.141. The first kappa shape index (κ1) is 18.6. The van der Waals surface area contributed by atoms with E-state index >= 15 is 0 Å². The van der Waals surface area contributed by atoms with E-state index in [9.17, 15) is 22.4 Å². The van der Waals surface area contributed by atoms with Gasteiger partial charge < -0.3 is 4.74 Å². The smallest absolute Gasteiger partial charge is 0.435 e. The standard InChI is InChI=1S/C19H14F4N2O2/c1-27-18(26)14-9-5-8-13(16(14)20)10-25-11-15(12-6-3-2-4-7-12)17(24-25)19(21,22)23/h2-9,11H,10H2,1H3. The van der Waals surface area contributed by atoms with Crippen molar-refractivity contribution >= 4 is 5.97 Å². The molecule has 27 heavy (non-hydrogen) atoms. The van der Waals surface area contributed by atoms with Crippen LogP contribution in [0.1, 0.15) is 21.6 Å². The minimum absolute atomic E-state index is 0.0220. The number of nitrogens with zero attached hydrogens (tertiary/aromatic N) is 2. The lowest BCUT2D eigenvalue weighted by Crippen LogP contribution is -2.11. The molecule has 0 aliphatic carbocycles. The Bertz CT molecular complexity index is 966. The van der Waals surface area contributed by atoms with Gasteiger partial charge >= 0.3 is 12.1 Å². The van der Waals surface area contributed by atoms with Gasteiger partial charge in [-0.25, -0.2) is 9.18 Å². The maximum atomic E-state index is 14.5. The number of halogens is 4. The average molecular weight is 378 g/mol. The first-order chi connectivity index (χ1) is 12.8. The molecule has 8 heteroatoms. The molecule has 0 radical (unpaired) electrons. The molecule has 0 spiro atoms. The maximum Gasteiger partial charge on any atom is 0.435 e. The van der Waals surface area contributed by atoms with E-state index in [-0.39, 0.29) is 23.2 Å². The third-order valence-electron chi connectivity index (χ3n) is 3.93. The number of esters is 1. The number of benzene rings is 2. The van der Waals surface area contributed by atoms with Crippen molar-refractivity contribution in [3.63, 3.8) is 0 Å². The quantitative estimate of drug-likeness (QED) is 0.494. The van der Waals surface area contributed by atoms with Crippen molar-refractivity contribution in [2.45, 2.75) is 12.7 Å². The summed E-state index contributed by atoms with van der Waals surface area (Å²) in [6, 6.07) is 12.0. The van der Waals surface area contributed by atoms with Crippen LogP contribution < -0.4 is 0 Å². The molecule has 0 fully saturated rings. The summed E-state index contributed by atoms with van der Waals surface area (Å²) >= 11 is 0. The van der Waals surface area contributed by atoms with Gasteiger partial charge in [0.15, 0.2) is 5.69 Å². The Labute approximate surface area is 152 Å². The normalized spacial score (nSPS) is 11.4. The van der Waals surface area contributed by atoms with E-state index in [2.05, 4.69) is 9.84 Å². The van der Waals surface area contributed by atoms with Gasteiger partial charge in [-0.2, -0.15) is 18.3 Å². The third kappa shape index (κ3) is 3.84. The summed E-state index contributed by atoms with van der Waals surface area (Å²) in [5, 5.41) is 3.60. The van der Waals surface area contributed by atoms with Gasteiger partial charge in [0.1, 0.15) is 5.82 Å². The van der Waals surface area contributed by atoms with E-state index in [1.165, 1.54) is 36.5 Å². The zero-order valence-corrected chi connectivity index (χ0v) is 14.1. The fraction of sp³-hybridized carbons (Fsp3) is 0.158. The molecule has 0 aliphatic heterocycles. The monoisotopic (exact) mass is 378 g/mol. The highest BCUT2D eigenvalue weighted by Gasteiger charge is 2.37. The van der Waals surface area contributed by atoms with E-state index in [1.807, 2.05) is 0 Å². The Hall–Kier alpha value is -3.16. The second-order valence-electron chi connectivity index (χ2n) is 5.72. The number of aromatic nitrogens is 2. The van der Waals surface area contributed by atoms with Crippen LogP contribution in [-0.2, 0) is 17.5 Å². The largest absolute Gasteiger partial charge is 0.465 e. The van der Waals surface area contributed by atoms with Crippen molar-refractivity contribution in [2.24, 2.45) is 0 Å². The number of carbonyl (C=O) groups is 1. The molecule has 3 rings (SSSR count). The fourth-order valence-corrected chi connectivity index (χ4v) is 2.68. The van der Waals surface area contributed by atoms with Crippen molar-refractivity contribution in [1.29, 1.82) is 0 Å². The third-order valence-corrected chi connectivity index (χ3v) is 3.93. The lowest BCUT2D eigenvalue weighted by Gasteiger charge is -2.07. The Balaban J connectivity index is 2.02. The van der Waals surface area contributed by atoms with Gasteiger partial charge in [-0.05, 0) is 11.6 Å². The zero-order chi connectivity index (χ0) is 19.6. The Morgan fingerprint density at radius 2 is 1.81 bits per heavy atom. The molecule has 0 amide bonds. The maximum absolute atomic E-state index is 14.5.